The molecular weight excluding hydrogens is 378 g/mol. The molecule has 3 rings (SSSR count). The summed E-state index contributed by atoms with van der Waals surface area (Å²) in [5.74, 6) is 0.284. The van der Waals surface area contributed by atoms with Crippen molar-refractivity contribution in [3.8, 4) is 11.5 Å². The summed E-state index contributed by atoms with van der Waals surface area (Å²) in [5.41, 5.74) is 5.95. The second kappa shape index (κ2) is 6.81. The van der Waals surface area contributed by atoms with Crippen LogP contribution in [0.4, 0.5) is 0 Å². The van der Waals surface area contributed by atoms with E-state index in [2.05, 4.69) is 4.98 Å². The van der Waals surface area contributed by atoms with E-state index in [1.54, 1.807) is 18.2 Å². The van der Waals surface area contributed by atoms with Crippen LogP contribution in [0.25, 0.3) is 11.0 Å². The number of aromatic amines is 1. The Labute approximate surface area is 154 Å². The Morgan fingerprint density at radius 2 is 1.85 bits per heavy atom. The molecule has 0 saturated carbocycles. The highest BCUT2D eigenvalue weighted by Crippen LogP contribution is 2.25. The summed E-state index contributed by atoms with van der Waals surface area (Å²) in [6.45, 7) is -0.290. The molecule has 0 unspecified atom stereocenters. The van der Waals surface area contributed by atoms with Crippen LogP contribution in [0.2, 0.25) is 0 Å². The fraction of sp³-hybridized carbons (Fsp3) is 0.125. The number of hydrogen-bond donors (Lipinski definition) is 2. The minimum atomic E-state index is -3.93. The van der Waals surface area contributed by atoms with Gasteiger partial charge in [0.15, 0.2) is 11.4 Å². The van der Waals surface area contributed by atoms with Gasteiger partial charge in [0.25, 0.3) is 15.9 Å². The van der Waals surface area contributed by atoms with Gasteiger partial charge in [0, 0.05) is 6.07 Å². The largest absolute Gasteiger partial charge is 0.497 e. The summed E-state index contributed by atoms with van der Waals surface area (Å²) in [6, 6.07) is 10.6. The summed E-state index contributed by atoms with van der Waals surface area (Å²) in [5, 5.41) is 0. The molecule has 8 nitrogen and oxygen atoms in total. The van der Waals surface area contributed by atoms with Gasteiger partial charge in [-0.3, -0.25) is 4.79 Å². The number of H-pyrrole nitrogens is 1. The van der Waals surface area contributed by atoms with Gasteiger partial charge in [0.05, 0.1) is 23.0 Å². The summed E-state index contributed by atoms with van der Waals surface area (Å²) in [6.07, 6.45) is 0. The lowest BCUT2D eigenvalue weighted by Crippen LogP contribution is -2.20. The van der Waals surface area contributed by atoms with E-state index in [0.29, 0.717) is 22.5 Å². The molecule has 0 spiro atoms. The fourth-order valence-electron chi connectivity index (χ4n) is 2.40. The van der Waals surface area contributed by atoms with Crippen molar-refractivity contribution in [3.63, 3.8) is 0 Å². The zero-order valence-electron chi connectivity index (χ0n) is 13.6. The second-order valence-corrected chi connectivity index (χ2v) is 7.48. The third-order valence-electron chi connectivity index (χ3n) is 3.59. The smallest absolute Gasteiger partial charge is 0.270 e. The van der Waals surface area contributed by atoms with Crippen LogP contribution in [0.1, 0.15) is 0 Å². The van der Waals surface area contributed by atoms with Gasteiger partial charge in [0.1, 0.15) is 11.5 Å². The highest BCUT2D eigenvalue weighted by molar-refractivity contribution is 7.90. The number of primary amides is 1. The quantitative estimate of drug-likeness (QED) is 0.617. The molecule has 3 aromatic rings. The number of nitrogens with zero attached hydrogens (tertiary/aromatic N) is 1. The van der Waals surface area contributed by atoms with Crippen molar-refractivity contribution in [1.82, 2.24) is 8.96 Å². The lowest BCUT2D eigenvalue weighted by Gasteiger charge is -2.09. The first-order valence-electron chi connectivity index (χ1n) is 7.38. The van der Waals surface area contributed by atoms with E-state index in [4.69, 9.17) is 27.4 Å². The maximum absolute atomic E-state index is 13.0. The van der Waals surface area contributed by atoms with Crippen molar-refractivity contribution in [2.24, 2.45) is 5.73 Å². The number of methoxy groups -OCH3 is 1. The van der Waals surface area contributed by atoms with Crippen LogP contribution in [-0.4, -0.2) is 37.0 Å². The average Bonchev–Trinajstić information content (AvgIpc) is 2.95. The van der Waals surface area contributed by atoms with Crippen molar-refractivity contribution in [3.05, 3.63) is 47.2 Å². The van der Waals surface area contributed by atoms with Crippen LogP contribution in [0.3, 0.4) is 0 Å². The Balaban J connectivity index is 2.03. The van der Waals surface area contributed by atoms with Crippen LogP contribution < -0.4 is 15.2 Å². The van der Waals surface area contributed by atoms with E-state index in [0.717, 1.165) is 3.97 Å². The van der Waals surface area contributed by atoms with Crippen molar-refractivity contribution in [1.29, 1.82) is 0 Å². The molecule has 26 heavy (non-hydrogen) atoms. The van der Waals surface area contributed by atoms with Crippen LogP contribution in [0.5, 0.6) is 11.5 Å². The molecule has 0 aliphatic heterocycles. The van der Waals surface area contributed by atoms with Gasteiger partial charge in [-0.25, -0.2) is 12.4 Å². The zero-order chi connectivity index (χ0) is 18.9. The lowest BCUT2D eigenvalue weighted by atomic mass is 10.3. The summed E-state index contributed by atoms with van der Waals surface area (Å²) >= 11 is 5.19. The molecule has 0 fully saturated rings. The molecule has 0 aliphatic rings. The van der Waals surface area contributed by atoms with Gasteiger partial charge in [-0.05, 0) is 48.6 Å². The Morgan fingerprint density at radius 1 is 1.19 bits per heavy atom. The molecule has 3 N–H and O–H groups in total. The van der Waals surface area contributed by atoms with Gasteiger partial charge in [-0.15, -0.1) is 0 Å². The highest BCUT2D eigenvalue weighted by Gasteiger charge is 2.21. The number of nitrogens with two attached hydrogens (primary N) is 1. The van der Waals surface area contributed by atoms with Crippen LogP contribution in [0, 0.1) is 4.77 Å². The molecule has 2 aromatic carbocycles. The topological polar surface area (TPSA) is 116 Å². The predicted octanol–water partition coefficient (Wildman–Crippen LogP) is 1.81. The van der Waals surface area contributed by atoms with Crippen LogP contribution in [-0.2, 0) is 14.8 Å². The maximum Gasteiger partial charge on any atom is 0.270 e. The molecule has 0 atom stereocenters. The standard InChI is InChI=1S/C16H15N3O5S2/c1-23-11-4-7-14-13(8-11)18-16(25)19(14)26(21,22)12-5-2-10(3-6-12)24-9-15(17)20/h2-8H,9H2,1H3,(H2,17,20)(H,18,25). The van der Waals surface area contributed by atoms with Crippen LogP contribution >= 0.6 is 12.2 Å². The number of benzene rings is 2. The van der Waals surface area contributed by atoms with Crippen LogP contribution in [0.15, 0.2) is 47.4 Å². The van der Waals surface area contributed by atoms with Gasteiger partial charge in [-0.2, -0.15) is 0 Å². The molecule has 136 valence electrons. The number of carbonyl (C=O) groups is 1. The molecule has 10 heteroatoms. The number of fused-ring (bicyclic) bond motifs is 1. The van der Waals surface area contributed by atoms with E-state index in [9.17, 15) is 13.2 Å². The summed E-state index contributed by atoms with van der Waals surface area (Å²) in [7, 11) is -2.41. The van der Waals surface area contributed by atoms with E-state index < -0.39 is 15.9 Å². The molecule has 0 bridgehead atoms. The third-order valence-corrected chi connectivity index (χ3v) is 5.72. The SMILES string of the molecule is COc1ccc2c(c1)[nH]c(=S)n2S(=O)(=O)c1ccc(OCC(N)=O)cc1. The van der Waals surface area contributed by atoms with E-state index >= 15 is 0 Å². The number of amides is 1. The number of aromatic nitrogens is 2. The first-order valence-corrected chi connectivity index (χ1v) is 9.23. The van der Waals surface area contributed by atoms with Gasteiger partial charge in [-0.1, -0.05) is 0 Å². The normalized spacial score (nSPS) is 11.4. The van der Waals surface area contributed by atoms with E-state index in [-0.39, 0.29) is 16.3 Å². The maximum atomic E-state index is 13.0. The van der Waals surface area contributed by atoms with Gasteiger partial charge in [0.2, 0.25) is 0 Å². The Hall–Kier alpha value is -2.85. The fourth-order valence-corrected chi connectivity index (χ4v) is 4.28. The predicted molar refractivity (Wildman–Crippen MR) is 97.4 cm³/mol. The Bertz CT molecular complexity index is 1130. The highest BCUT2D eigenvalue weighted by atomic mass is 32.2. The minimum absolute atomic E-state index is 0.0248. The number of hydrogen-bond acceptors (Lipinski definition) is 6. The van der Waals surface area contributed by atoms with E-state index in [1.165, 1.54) is 31.4 Å². The first-order chi connectivity index (χ1) is 12.3. The lowest BCUT2D eigenvalue weighted by molar-refractivity contribution is -0.119. The van der Waals surface area contributed by atoms with Crippen molar-refractivity contribution in [2.75, 3.05) is 13.7 Å². The molecule has 1 heterocycles. The summed E-state index contributed by atoms with van der Waals surface area (Å²) < 4.78 is 37.3. The number of imidazole rings is 1. The summed E-state index contributed by atoms with van der Waals surface area (Å²) in [4.78, 5) is 13.6. The average molecular weight is 393 g/mol. The number of nitrogens with one attached hydrogen (secondary N) is 1. The van der Waals surface area contributed by atoms with Crippen molar-refractivity contribution in [2.45, 2.75) is 4.90 Å². The van der Waals surface area contributed by atoms with Crippen molar-refractivity contribution >= 4 is 39.2 Å². The number of rotatable bonds is 6. The molecule has 0 aliphatic carbocycles. The molecule has 1 aromatic heterocycles. The Morgan fingerprint density at radius 3 is 2.46 bits per heavy atom. The second-order valence-electron chi connectivity index (χ2n) is 5.31. The molecule has 0 saturated heterocycles. The number of ether oxygens (including phenoxy) is 2. The minimum Gasteiger partial charge on any atom is -0.497 e. The monoisotopic (exact) mass is 393 g/mol. The molecule has 0 radical (unpaired) electrons. The van der Waals surface area contributed by atoms with Crippen molar-refractivity contribution < 1.29 is 22.7 Å². The zero-order valence-corrected chi connectivity index (χ0v) is 15.3. The van der Waals surface area contributed by atoms with Gasteiger partial charge < -0.3 is 20.2 Å². The molecular formula is C16H15N3O5S2. The third kappa shape index (κ3) is 3.28. The first kappa shape index (κ1) is 18.0. The molecule has 1 amide bonds. The van der Waals surface area contributed by atoms with E-state index in [1.807, 2.05) is 0 Å². The Kier molecular flexibility index (Phi) is 4.70. The van der Waals surface area contributed by atoms with Gasteiger partial charge >= 0.3 is 0 Å². The number of carbonyl (C=O) groups excluding carboxylic acids is 1.